The predicted molar refractivity (Wildman–Crippen MR) is 66.5 cm³/mol. The molecule has 1 aromatic heterocycles. The van der Waals surface area contributed by atoms with E-state index in [-0.39, 0.29) is 0 Å². The quantitative estimate of drug-likeness (QED) is 0.627. The third kappa shape index (κ3) is 1.52. The van der Waals surface area contributed by atoms with E-state index in [9.17, 15) is 4.79 Å². The highest BCUT2D eigenvalue weighted by molar-refractivity contribution is 14.1. The highest BCUT2D eigenvalue weighted by atomic mass is 127. The molecule has 0 bridgehead atoms. The first-order valence-electron chi connectivity index (χ1n) is 3.97. The van der Waals surface area contributed by atoms with E-state index in [2.05, 4.69) is 22.6 Å². The third-order valence-corrected chi connectivity index (χ3v) is 4.04. The summed E-state index contributed by atoms with van der Waals surface area (Å²) in [7, 11) is 1.66. The van der Waals surface area contributed by atoms with Crippen molar-refractivity contribution in [3.8, 4) is 5.75 Å². The van der Waals surface area contributed by atoms with E-state index in [1.165, 1.54) is 0 Å². The first-order chi connectivity index (χ1) is 6.76. The van der Waals surface area contributed by atoms with Crippen molar-refractivity contribution in [2.45, 2.75) is 0 Å². The van der Waals surface area contributed by atoms with Crippen molar-refractivity contribution in [3.63, 3.8) is 0 Å². The van der Waals surface area contributed by atoms with Crippen LogP contribution in [0, 0.1) is 2.88 Å². The van der Waals surface area contributed by atoms with Crippen molar-refractivity contribution in [2.24, 2.45) is 0 Å². The van der Waals surface area contributed by atoms with Gasteiger partial charge in [-0.2, -0.15) is 0 Å². The zero-order valence-corrected chi connectivity index (χ0v) is 10.4. The second kappa shape index (κ2) is 3.86. The molecule has 0 N–H and O–H groups in total. The zero-order valence-electron chi connectivity index (χ0n) is 7.41. The van der Waals surface area contributed by atoms with E-state index < -0.39 is 0 Å². The maximum absolute atomic E-state index is 10.6. The van der Waals surface area contributed by atoms with Gasteiger partial charge in [0.2, 0.25) is 0 Å². The van der Waals surface area contributed by atoms with Crippen LogP contribution in [0.4, 0.5) is 0 Å². The molecular formula is C10H7IO2S. The van der Waals surface area contributed by atoms with Crippen molar-refractivity contribution >= 4 is 50.3 Å². The molecule has 2 aromatic rings. The highest BCUT2D eigenvalue weighted by Gasteiger charge is 2.10. The number of hydrogen-bond acceptors (Lipinski definition) is 3. The molecule has 0 amide bonds. The fourth-order valence-corrected chi connectivity index (χ4v) is 3.49. The maximum Gasteiger partial charge on any atom is 0.150 e. The van der Waals surface area contributed by atoms with Crippen molar-refractivity contribution in [1.82, 2.24) is 0 Å². The van der Waals surface area contributed by atoms with E-state index in [0.717, 1.165) is 25.0 Å². The lowest BCUT2D eigenvalue weighted by molar-refractivity contribution is 0.112. The van der Waals surface area contributed by atoms with Gasteiger partial charge in [-0.15, -0.1) is 11.3 Å². The Kier molecular flexibility index (Phi) is 2.73. The molecule has 0 atom stereocenters. The minimum Gasteiger partial charge on any atom is -0.494 e. The summed E-state index contributed by atoms with van der Waals surface area (Å²) < 4.78 is 7.49. The number of halogens is 1. The van der Waals surface area contributed by atoms with Gasteiger partial charge in [0.1, 0.15) is 9.17 Å². The molecule has 0 radical (unpaired) electrons. The number of ether oxygens (including phenoxy) is 1. The molecule has 0 saturated heterocycles. The van der Waals surface area contributed by atoms with Gasteiger partial charge in [0.05, 0.1) is 7.11 Å². The second-order valence-electron chi connectivity index (χ2n) is 2.78. The van der Waals surface area contributed by atoms with Gasteiger partial charge in [0, 0.05) is 15.6 Å². The molecule has 4 heteroatoms. The number of thiophene rings is 1. The van der Waals surface area contributed by atoms with Gasteiger partial charge in [-0.3, -0.25) is 4.79 Å². The second-order valence-corrected chi connectivity index (χ2v) is 5.65. The Morgan fingerprint density at radius 1 is 1.50 bits per heavy atom. The number of carbonyl (C=O) groups is 1. The van der Waals surface area contributed by atoms with Crippen LogP contribution in [0.3, 0.4) is 0 Å². The molecule has 1 heterocycles. The monoisotopic (exact) mass is 318 g/mol. The maximum atomic E-state index is 10.6. The van der Waals surface area contributed by atoms with Crippen LogP contribution < -0.4 is 4.74 Å². The molecule has 0 fully saturated rings. The smallest absolute Gasteiger partial charge is 0.150 e. The largest absolute Gasteiger partial charge is 0.494 e. The summed E-state index contributed by atoms with van der Waals surface area (Å²) in [4.78, 5) is 10.6. The molecule has 0 unspecified atom stereocenters. The van der Waals surface area contributed by atoms with E-state index >= 15 is 0 Å². The number of benzene rings is 1. The van der Waals surface area contributed by atoms with Crippen LogP contribution in [0.15, 0.2) is 18.2 Å². The summed E-state index contributed by atoms with van der Waals surface area (Å²) in [6, 6.07) is 5.62. The first kappa shape index (κ1) is 9.92. The lowest BCUT2D eigenvalue weighted by atomic mass is 10.2. The fourth-order valence-electron chi connectivity index (χ4n) is 1.32. The summed E-state index contributed by atoms with van der Waals surface area (Å²) in [5.74, 6) is 0.906. The lowest BCUT2D eigenvalue weighted by Gasteiger charge is -1.97. The highest BCUT2D eigenvalue weighted by Crippen LogP contribution is 2.38. The Balaban J connectivity index is 2.74. The van der Waals surface area contributed by atoms with E-state index in [0.29, 0.717) is 5.56 Å². The summed E-state index contributed by atoms with van der Waals surface area (Å²) in [6.45, 7) is 0. The minimum absolute atomic E-state index is 0.706. The number of hydrogen-bond donors (Lipinski definition) is 0. The number of rotatable bonds is 2. The number of aldehydes is 1. The fraction of sp³-hybridized carbons (Fsp3) is 0.100. The number of carbonyl (C=O) groups excluding carboxylic acids is 1. The molecule has 1 aromatic carbocycles. The van der Waals surface area contributed by atoms with Crippen LogP contribution in [0.5, 0.6) is 5.75 Å². The zero-order chi connectivity index (χ0) is 10.1. The van der Waals surface area contributed by atoms with Crippen molar-refractivity contribution < 1.29 is 9.53 Å². The van der Waals surface area contributed by atoms with Crippen molar-refractivity contribution in [1.29, 1.82) is 0 Å². The summed E-state index contributed by atoms with van der Waals surface area (Å²) in [5.41, 5.74) is 0.706. The van der Waals surface area contributed by atoms with Crippen molar-refractivity contribution in [2.75, 3.05) is 7.11 Å². The lowest BCUT2D eigenvalue weighted by Crippen LogP contribution is -1.82. The predicted octanol–water partition coefficient (Wildman–Crippen LogP) is 3.33. The summed E-state index contributed by atoms with van der Waals surface area (Å²) in [6.07, 6.45) is 0.860. The Bertz CT molecular complexity index is 490. The van der Waals surface area contributed by atoms with Crippen LogP contribution >= 0.6 is 33.9 Å². The van der Waals surface area contributed by atoms with Gasteiger partial charge in [0.15, 0.2) is 5.75 Å². The molecule has 0 aliphatic rings. The normalized spacial score (nSPS) is 10.4. The number of fused-ring (bicyclic) bond motifs is 1. The average Bonchev–Trinajstić information content (AvgIpc) is 2.51. The minimum atomic E-state index is 0.706. The van der Waals surface area contributed by atoms with Gasteiger partial charge < -0.3 is 4.74 Å². The van der Waals surface area contributed by atoms with Crippen molar-refractivity contribution in [3.05, 3.63) is 26.6 Å². The molecule has 2 rings (SSSR count). The van der Waals surface area contributed by atoms with Gasteiger partial charge in [0.25, 0.3) is 0 Å². The van der Waals surface area contributed by atoms with Crippen LogP contribution in [0.1, 0.15) is 10.4 Å². The standard InChI is InChI=1S/C10H7IO2S/c1-13-9-7-3-2-6(5-12)4-8(7)14-10(9)11/h2-5H,1H3. The van der Waals surface area contributed by atoms with Crippen LogP contribution in [0.2, 0.25) is 0 Å². The Labute approximate surface area is 99.0 Å². The molecule has 72 valence electrons. The number of methoxy groups -OCH3 is 1. The first-order valence-corrected chi connectivity index (χ1v) is 5.87. The van der Waals surface area contributed by atoms with Gasteiger partial charge in [-0.1, -0.05) is 6.07 Å². The molecule has 0 saturated carbocycles. The SMILES string of the molecule is COc1c(I)sc2cc(C=O)ccc12. The topological polar surface area (TPSA) is 26.3 Å². The summed E-state index contributed by atoms with van der Waals surface area (Å²) >= 11 is 3.88. The Morgan fingerprint density at radius 2 is 2.29 bits per heavy atom. The molecule has 0 aliphatic carbocycles. The van der Waals surface area contributed by atoms with Crippen LogP contribution in [0.25, 0.3) is 10.1 Å². The van der Waals surface area contributed by atoms with Crippen LogP contribution in [-0.2, 0) is 0 Å². The van der Waals surface area contributed by atoms with E-state index in [4.69, 9.17) is 4.74 Å². The molecule has 0 spiro atoms. The molecule has 0 aliphatic heterocycles. The Morgan fingerprint density at radius 3 is 2.93 bits per heavy atom. The van der Waals surface area contributed by atoms with Gasteiger partial charge in [-0.05, 0) is 34.7 Å². The van der Waals surface area contributed by atoms with E-state index in [1.807, 2.05) is 12.1 Å². The average molecular weight is 318 g/mol. The Hall–Kier alpha value is -0.620. The van der Waals surface area contributed by atoms with E-state index in [1.54, 1.807) is 24.5 Å². The molecule has 14 heavy (non-hydrogen) atoms. The third-order valence-electron chi connectivity index (χ3n) is 1.97. The van der Waals surface area contributed by atoms with Crippen LogP contribution in [-0.4, -0.2) is 13.4 Å². The molecule has 2 nitrogen and oxygen atoms in total. The van der Waals surface area contributed by atoms with Gasteiger partial charge in [-0.25, -0.2) is 0 Å². The van der Waals surface area contributed by atoms with Gasteiger partial charge >= 0.3 is 0 Å². The summed E-state index contributed by atoms with van der Waals surface area (Å²) in [5, 5.41) is 1.08. The molecular weight excluding hydrogens is 311 g/mol.